The lowest BCUT2D eigenvalue weighted by Gasteiger charge is -2.29. The maximum Gasteiger partial charge on any atom is 0.383 e. The van der Waals surface area contributed by atoms with Crippen molar-refractivity contribution in [3.8, 4) is 0 Å². The Bertz CT molecular complexity index is 904. The van der Waals surface area contributed by atoms with E-state index < -0.39 is 12.2 Å². The van der Waals surface area contributed by atoms with Crippen LogP contribution < -0.4 is 0 Å². The number of benzene rings is 2. The molecule has 0 saturated heterocycles. The summed E-state index contributed by atoms with van der Waals surface area (Å²) in [6.07, 6.45) is 11.2. The first-order chi connectivity index (χ1) is 17.4. The topological polar surface area (TPSA) is 9.23 Å². The minimum absolute atomic E-state index is 0.0572. The Kier molecular flexibility index (Phi) is 9.61. The van der Waals surface area contributed by atoms with Gasteiger partial charge in [-0.3, -0.25) is 0 Å². The van der Waals surface area contributed by atoms with E-state index in [1.807, 2.05) is 24.3 Å². The standard InChI is InChI=1S/C33H46F2O/c1-4-6-25-8-12-28(13-9-25)30-18-16-27(17-19-30)24(3)36-33(34,35)32-22-20-31(21-23-32)29-14-10-26(7-5-2)11-15-29/h16-26,28-29H,4-15H2,1-3H3. The van der Waals surface area contributed by atoms with Gasteiger partial charge in [0.2, 0.25) is 0 Å². The molecule has 2 aliphatic carbocycles. The number of hydrogen-bond acceptors (Lipinski definition) is 1. The van der Waals surface area contributed by atoms with Crippen molar-refractivity contribution in [2.75, 3.05) is 0 Å². The lowest BCUT2D eigenvalue weighted by Crippen LogP contribution is -2.21. The molecular formula is C33H46F2O. The summed E-state index contributed by atoms with van der Waals surface area (Å²) in [5.41, 5.74) is 3.28. The van der Waals surface area contributed by atoms with Crippen molar-refractivity contribution in [3.05, 3.63) is 70.8 Å². The summed E-state index contributed by atoms with van der Waals surface area (Å²) in [4.78, 5) is 0. The van der Waals surface area contributed by atoms with Crippen LogP contribution in [0.4, 0.5) is 8.78 Å². The van der Waals surface area contributed by atoms with Crippen molar-refractivity contribution in [2.24, 2.45) is 11.8 Å². The molecule has 2 saturated carbocycles. The molecule has 0 amide bonds. The summed E-state index contributed by atoms with van der Waals surface area (Å²) in [5, 5.41) is 0. The second-order valence-corrected chi connectivity index (χ2v) is 11.6. The summed E-state index contributed by atoms with van der Waals surface area (Å²) in [7, 11) is 0. The molecule has 3 heteroatoms. The molecule has 0 heterocycles. The molecule has 0 bridgehead atoms. The molecule has 0 spiro atoms. The predicted molar refractivity (Wildman–Crippen MR) is 145 cm³/mol. The van der Waals surface area contributed by atoms with Crippen molar-refractivity contribution in [2.45, 2.75) is 122 Å². The summed E-state index contributed by atoms with van der Waals surface area (Å²) in [5.74, 6) is 2.83. The average Bonchev–Trinajstić information content (AvgIpc) is 2.90. The highest BCUT2D eigenvalue weighted by molar-refractivity contribution is 5.29. The highest BCUT2D eigenvalue weighted by atomic mass is 19.3. The van der Waals surface area contributed by atoms with Crippen LogP contribution in [0.1, 0.15) is 138 Å². The fourth-order valence-corrected chi connectivity index (χ4v) is 6.73. The van der Waals surface area contributed by atoms with Crippen molar-refractivity contribution >= 4 is 0 Å². The summed E-state index contributed by atoms with van der Waals surface area (Å²) in [6.45, 7) is 6.25. The van der Waals surface area contributed by atoms with Gasteiger partial charge in [-0.25, -0.2) is 0 Å². The first kappa shape index (κ1) is 27.3. The van der Waals surface area contributed by atoms with Crippen LogP contribution in [0.3, 0.4) is 0 Å². The molecule has 36 heavy (non-hydrogen) atoms. The van der Waals surface area contributed by atoms with E-state index in [4.69, 9.17) is 4.74 Å². The van der Waals surface area contributed by atoms with Crippen LogP contribution in [0.2, 0.25) is 0 Å². The number of hydrogen-bond donors (Lipinski definition) is 0. The second kappa shape index (κ2) is 12.7. The molecule has 198 valence electrons. The van der Waals surface area contributed by atoms with Gasteiger partial charge in [0.05, 0.1) is 11.7 Å². The van der Waals surface area contributed by atoms with E-state index in [1.54, 1.807) is 19.1 Å². The summed E-state index contributed by atoms with van der Waals surface area (Å²) < 4.78 is 35.4. The van der Waals surface area contributed by atoms with Crippen LogP contribution in [-0.4, -0.2) is 0 Å². The van der Waals surface area contributed by atoms with E-state index in [9.17, 15) is 0 Å². The Morgan fingerprint density at radius 2 is 1.11 bits per heavy atom. The fraction of sp³-hybridized carbons (Fsp3) is 0.636. The van der Waals surface area contributed by atoms with Crippen molar-refractivity contribution in [3.63, 3.8) is 0 Å². The van der Waals surface area contributed by atoms with Gasteiger partial charge in [-0.05, 0) is 98.7 Å². The summed E-state index contributed by atoms with van der Waals surface area (Å²) >= 11 is 0. The first-order valence-electron chi connectivity index (χ1n) is 14.7. The van der Waals surface area contributed by atoms with Gasteiger partial charge in [0.25, 0.3) is 0 Å². The van der Waals surface area contributed by atoms with Gasteiger partial charge in [-0.1, -0.05) is 88.1 Å². The van der Waals surface area contributed by atoms with Gasteiger partial charge < -0.3 is 4.74 Å². The molecule has 2 aromatic rings. The number of rotatable bonds is 10. The SMILES string of the molecule is CCCC1CCC(c2ccc(C(C)OC(F)(F)c3ccc(C4CCC(CCC)CC4)cc3)cc2)CC1. The minimum atomic E-state index is -3.31. The lowest BCUT2D eigenvalue weighted by molar-refractivity contribution is -0.272. The molecule has 2 aliphatic rings. The van der Waals surface area contributed by atoms with Gasteiger partial charge in [0.15, 0.2) is 0 Å². The Balaban J connectivity index is 1.31. The van der Waals surface area contributed by atoms with Gasteiger partial charge in [0, 0.05) is 0 Å². The lowest BCUT2D eigenvalue weighted by atomic mass is 9.77. The van der Waals surface area contributed by atoms with Gasteiger partial charge in [0.1, 0.15) is 0 Å². The number of ether oxygens (including phenoxy) is 1. The number of alkyl halides is 2. The number of halogens is 2. The Labute approximate surface area is 218 Å². The highest BCUT2D eigenvalue weighted by Gasteiger charge is 2.35. The molecule has 1 unspecified atom stereocenters. The van der Waals surface area contributed by atoms with Gasteiger partial charge in [-0.2, -0.15) is 8.78 Å². The largest absolute Gasteiger partial charge is 0.383 e. The first-order valence-corrected chi connectivity index (χ1v) is 14.7. The van der Waals surface area contributed by atoms with Gasteiger partial charge in [-0.15, -0.1) is 0 Å². The molecule has 1 nitrogen and oxygen atoms in total. The van der Waals surface area contributed by atoms with Crippen LogP contribution >= 0.6 is 0 Å². The second-order valence-electron chi connectivity index (χ2n) is 11.6. The van der Waals surface area contributed by atoms with Gasteiger partial charge >= 0.3 is 6.11 Å². The van der Waals surface area contributed by atoms with Crippen LogP contribution in [0.15, 0.2) is 48.5 Å². The molecule has 2 fully saturated rings. The zero-order chi connectivity index (χ0) is 25.5. The van der Waals surface area contributed by atoms with Crippen molar-refractivity contribution in [1.29, 1.82) is 0 Å². The minimum Gasteiger partial charge on any atom is -0.309 e. The predicted octanol–water partition coefficient (Wildman–Crippen LogP) is 10.7. The third-order valence-electron chi connectivity index (χ3n) is 9.01. The molecule has 0 radical (unpaired) electrons. The summed E-state index contributed by atoms with van der Waals surface area (Å²) in [6, 6.07) is 15.1. The van der Waals surface area contributed by atoms with E-state index in [0.717, 1.165) is 17.4 Å². The zero-order valence-electron chi connectivity index (χ0n) is 22.7. The maximum absolute atomic E-state index is 15.0. The smallest absolute Gasteiger partial charge is 0.309 e. The van der Waals surface area contributed by atoms with Crippen LogP contribution in [-0.2, 0) is 10.8 Å². The van der Waals surface area contributed by atoms with E-state index >= 15 is 8.78 Å². The third kappa shape index (κ3) is 6.97. The third-order valence-corrected chi connectivity index (χ3v) is 9.01. The Morgan fingerprint density at radius 3 is 1.53 bits per heavy atom. The molecular weight excluding hydrogens is 450 g/mol. The van der Waals surface area contributed by atoms with E-state index in [1.165, 1.54) is 88.2 Å². The van der Waals surface area contributed by atoms with E-state index in [-0.39, 0.29) is 5.56 Å². The molecule has 2 aromatic carbocycles. The molecule has 0 N–H and O–H groups in total. The Hall–Kier alpha value is -1.74. The average molecular weight is 497 g/mol. The maximum atomic E-state index is 15.0. The highest BCUT2D eigenvalue weighted by Crippen LogP contribution is 2.41. The zero-order valence-corrected chi connectivity index (χ0v) is 22.7. The quantitative estimate of drug-likeness (QED) is 0.318. The van der Waals surface area contributed by atoms with Crippen molar-refractivity contribution in [1.82, 2.24) is 0 Å². The van der Waals surface area contributed by atoms with E-state index in [2.05, 4.69) is 26.0 Å². The normalized spacial score (nSPS) is 26.0. The molecule has 4 rings (SSSR count). The van der Waals surface area contributed by atoms with Crippen LogP contribution in [0.5, 0.6) is 0 Å². The fourth-order valence-electron chi connectivity index (χ4n) is 6.73. The van der Waals surface area contributed by atoms with Crippen LogP contribution in [0, 0.1) is 11.8 Å². The molecule has 1 atom stereocenters. The van der Waals surface area contributed by atoms with E-state index in [0.29, 0.717) is 11.8 Å². The van der Waals surface area contributed by atoms with Crippen molar-refractivity contribution < 1.29 is 13.5 Å². The Morgan fingerprint density at radius 1 is 0.694 bits per heavy atom. The monoisotopic (exact) mass is 496 g/mol. The van der Waals surface area contributed by atoms with Crippen LogP contribution in [0.25, 0.3) is 0 Å². The molecule has 0 aliphatic heterocycles. The molecule has 0 aromatic heterocycles.